The van der Waals surface area contributed by atoms with Gasteiger partial charge in [-0.3, -0.25) is 0 Å². The number of halogens is 13. The normalized spacial score (nSPS) is 25.5. The third-order valence-corrected chi connectivity index (χ3v) is 14.6. The molecule has 0 aromatic rings. The summed E-state index contributed by atoms with van der Waals surface area (Å²) in [4.78, 5) is 0. The summed E-state index contributed by atoms with van der Waals surface area (Å²) in [6.07, 6.45) is 1.17. The first-order valence-electron chi connectivity index (χ1n) is 7.79. The maximum Gasteiger partial charge on any atom is 0.256 e. The molecule has 1 heterocycles. The minimum Gasteiger partial charge on any atom is -0.317 e. The molecule has 30 heavy (non-hydrogen) atoms. The monoisotopic (exact) mass is 704 g/mol. The summed E-state index contributed by atoms with van der Waals surface area (Å²) in [5.41, 5.74) is 0. The Bertz CT molecular complexity index is 749. The van der Waals surface area contributed by atoms with Gasteiger partial charge in [-0.05, 0) is 6.42 Å². The van der Waals surface area contributed by atoms with Gasteiger partial charge < -0.3 is 4.74 Å². The predicted molar refractivity (Wildman–Crippen MR) is 134 cm³/mol. The molecule has 1 rings (SSSR count). The van der Waals surface area contributed by atoms with E-state index in [1.165, 1.54) is 0 Å². The SMILES string of the molecule is CCCCC(Cl)(Cl)C(Cl)(Cl)C(Cl)(Cl)C(Cl)(Cl)C(Cl)(Cl)O[C@@]1(Cl)CS(=O)(=O)CC1(Cl)Cl. The van der Waals surface area contributed by atoms with E-state index in [-0.39, 0.29) is 6.42 Å². The molecule has 1 fully saturated rings. The minimum absolute atomic E-state index is 0.0211. The van der Waals surface area contributed by atoms with Crippen molar-refractivity contribution >= 4 is 161 Å². The second kappa shape index (κ2) is 9.86. The molecule has 0 aromatic carbocycles. The zero-order valence-corrected chi connectivity index (χ0v) is 25.2. The second-order valence-corrected chi connectivity index (χ2v) is 17.5. The highest BCUT2D eigenvalue weighted by atomic mass is 35.6. The summed E-state index contributed by atoms with van der Waals surface area (Å²) in [5, 5.41) is -2.40. The Morgan fingerprint density at radius 2 is 1.27 bits per heavy atom. The zero-order valence-electron chi connectivity index (χ0n) is 14.6. The molecular formula is C13H13Cl13O3S. The third-order valence-electron chi connectivity index (χ3n) is 4.10. The highest BCUT2D eigenvalue weighted by Gasteiger charge is 2.76. The van der Waals surface area contributed by atoms with E-state index in [9.17, 15) is 8.42 Å². The molecule has 0 spiro atoms. The van der Waals surface area contributed by atoms with Crippen molar-refractivity contribution in [3.8, 4) is 0 Å². The maximum atomic E-state index is 12.0. The molecule has 1 atom stereocenters. The minimum atomic E-state index is -3.86. The Labute approximate surface area is 240 Å². The lowest BCUT2D eigenvalue weighted by atomic mass is 10.1. The molecule has 0 radical (unpaired) electrons. The molecule has 0 unspecified atom stereocenters. The van der Waals surface area contributed by atoms with Gasteiger partial charge in [0, 0.05) is 0 Å². The van der Waals surface area contributed by atoms with Crippen molar-refractivity contribution in [1.29, 1.82) is 0 Å². The fraction of sp³-hybridized carbons (Fsp3) is 1.00. The van der Waals surface area contributed by atoms with Crippen molar-refractivity contribution in [3.63, 3.8) is 0 Å². The van der Waals surface area contributed by atoms with Gasteiger partial charge in [-0.1, -0.05) is 171 Å². The van der Waals surface area contributed by atoms with Crippen LogP contribution in [-0.4, -0.2) is 51.2 Å². The van der Waals surface area contributed by atoms with Gasteiger partial charge in [-0.2, -0.15) is 0 Å². The standard InChI is InChI=1S/C13H13Cl13O3S/c1-2-3-4-7(14,15)10(19,20)11(21,22)12(23,24)13(25,26)29-9(18)6-30(27,28)5-8(9,16)17/h2-6H2,1H3/t9-/m0/s1. The Balaban J connectivity index is 3.39. The maximum absolute atomic E-state index is 12.0. The number of sulfone groups is 1. The first-order chi connectivity index (χ1) is 12.9. The van der Waals surface area contributed by atoms with Crippen molar-refractivity contribution < 1.29 is 13.2 Å². The molecule has 17 heteroatoms. The van der Waals surface area contributed by atoms with Crippen LogP contribution in [0.25, 0.3) is 0 Å². The average Bonchev–Trinajstić information content (AvgIpc) is 2.65. The molecule has 1 aliphatic heterocycles. The summed E-state index contributed by atoms with van der Waals surface area (Å²) in [7, 11) is -3.86. The molecule has 0 bridgehead atoms. The van der Waals surface area contributed by atoms with Crippen molar-refractivity contribution in [3.05, 3.63) is 0 Å². The molecule has 3 nitrogen and oxygen atoms in total. The first-order valence-corrected chi connectivity index (χ1v) is 14.5. The second-order valence-electron chi connectivity index (χ2n) is 6.62. The molecular weight excluding hydrogens is 697 g/mol. The topological polar surface area (TPSA) is 43.4 Å². The van der Waals surface area contributed by atoms with Crippen molar-refractivity contribution in [2.45, 2.75) is 57.4 Å². The largest absolute Gasteiger partial charge is 0.317 e. The van der Waals surface area contributed by atoms with Crippen molar-refractivity contribution in [2.75, 3.05) is 11.5 Å². The van der Waals surface area contributed by atoms with Gasteiger partial charge in [-0.15, -0.1) is 0 Å². The molecule has 0 aliphatic carbocycles. The van der Waals surface area contributed by atoms with Gasteiger partial charge >= 0.3 is 0 Å². The van der Waals surface area contributed by atoms with Crippen LogP contribution in [0.1, 0.15) is 26.2 Å². The summed E-state index contributed by atoms with van der Waals surface area (Å²) in [6.45, 7) is 1.85. The van der Waals surface area contributed by atoms with Gasteiger partial charge in [0.2, 0.25) is 4.33 Å². The predicted octanol–water partition coefficient (Wildman–Crippen LogP) is 8.56. The van der Waals surface area contributed by atoms with Gasteiger partial charge in [0.1, 0.15) is 0 Å². The van der Waals surface area contributed by atoms with Crippen molar-refractivity contribution in [2.24, 2.45) is 0 Å². The molecule has 1 aliphatic rings. The van der Waals surface area contributed by atoms with E-state index < -0.39 is 52.6 Å². The van der Waals surface area contributed by atoms with E-state index in [1.54, 1.807) is 0 Å². The number of unbranched alkanes of at least 4 members (excludes halogenated alkanes) is 1. The van der Waals surface area contributed by atoms with E-state index in [1.807, 2.05) is 6.92 Å². The zero-order chi connectivity index (χ0) is 24.2. The summed E-state index contributed by atoms with van der Waals surface area (Å²) in [6, 6.07) is 0. The Morgan fingerprint density at radius 3 is 1.63 bits per heavy atom. The van der Waals surface area contributed by atoms with Gasteiger partial charge in [-0.25, -0.2) is 8.42 Å². The van der Waals surface area contributed by atoms with Crippen LogP contribution in [0, 0.1) is 0 Å². The van der Waals surface area contributed by atoms with Crippen LogP contribution in [0.5, 0.6) is 0 Å². The summed E-state index contributed by atoms with van der Waals surface area (Å²) in [5.74, 6) is -1.67. The lowest BCUT2D eigenvalue weighted by molar-refractivity contribution is -0.0224. The summed E-state index contributed by atoms with van der Waals surface area (Å²) >= 11 is 80.9. The van der Waals surface area contributed by atoms with Gasteiger partial charge in [0.15, 0.2) is 32.2 Å². The van der Waals surface area contributed by atoms with Crippen LogP contribution >= 0.6 is 151 Å². The number of hydrogen-bond donors (Lipinski definition) is 0. The number of alkyl halides is 13. The fourth-order valence-electron chi connectivity index (χ4n) is 2.36. The van der Waals surface area contributed by atoms with E-state index in [4.69, 9.17) is 156 Å². The van der Waals surface area contributed by atoms with Gasteiger partial charge in [0.05, 0.1) is 11.5 Å². The summed E-state index contributed by atoms with van der Waals surface area (Å²) < 4.78 is 14.1. The van der Waals surface area contributed by atoms with Crippen LogP contribution in [0.15, 0.2) is 0 Å². The van der Waals surface area contributed by atoms with E-state index in [0.29, 0.717) is 12.8 Å². The Kier molecular flexibility index (Phi) is 10.4. The van der Waals surface area contributed by atoms with E-state index in [0.717, 1.165) is 0 Å². The van der Waals surface area contributed by atoms with Crippen LogP contribution in [-0.2, 0) is 14.6 Å². The molecule has 180 valence electrons. The third kappa shape index (κ3) is 5.80. The average molecular weight is 710 g/mol. The molecule has 0 N–H and O–H groups in total. The Hall–Kier alpha value is 3.68. The number of rotatable bonds is 9. The number of hydrogen-bond acceptors (Lipinski definition) is 3. The van der Waals surface area contributed by atoms with E-state index >= 15 is 0 Å². The molecule has 1 saturated heterocycles. The number of ether oxygens (including phenoxy) is 1. The quantitative estimate of drug-likeness (QED) is 0.226. The highest BCUT2D eigenvalue weighted by Crippen LogP contribution is 2.67. The highest BCUT2D eigenvalue weighted by molar-refractivity contribution is 7.92. The van der Waals surface area contributed by atoms with Crippen LogP contribution in [0.3, 0.4) is 0 Å². The smallest absolute Gasteiger partial charge is 0.256 e. The Morgan fingerprint density at radius 1 is 0.800 bits per heavy atom. The fourth-order valence-corrected chi connectivity index (χ4v) is 9.42. The van der Waals surface area contributed by atoms with Crippen LogP contribution < -0.4 is 0 Å². The molecule has 0 aromatic heterocycles. The molecule has 0 saturated carbocycles. The first kappa shape index (κ1) is 31.7. The lowest BCUT2D eigenvalue weighted by Crippen LogP contribution is -2.65. The molecule has 0 amide bonds. The lowest BCUT2D eigenvalue weighted by Gasteiger charge is -2.50. The van der Waals surface area contributed by atoms with Crippen LogP contribution in [0.4, 0.5) is 0 Å². The van der Waals surface area contributed by atoms with Crippen LogP contribution in [0.2, 0.25) is 0 Å². The van der Waals surface area contributed by atoms with E-state index in [2.05, 4.69) is 0 Å². The van der Waals surface area contributed by atoms with Gasteiger partial charge in [0.25, 0.3) is 4.52 Å². The van der Waals surface area contributed by atoms with Crippen molar-refractivity contribution in [1.82, 2.24) is 0 Å².